The van der Waals surface area contributed by atoms with E-state index < -0.39 is 23.9 Å². The lowest BCUT2D eigenvalue weighted by molar-refractivity contribution is -0.152. The summed E-state index contributed by atoms with van der Waals surface area (Å²) in [5, 5.41) is 5.29. The second-order valence-corrected chi connectivity index (χ2v) is 6.93. The molecule has 0 saturated carbocycles. The standard InChI is InChI=1S/C23H28N2O5/c1-5-15(2)19-8-6-7-9-20(19)25-22(27)16(3)30-21(26)14-24-23(28)17-10-12-18(29-4)13-11-17/h6-13,15-16H,5,14H2,1-4H3,(H,24,28)(H,25,27)/t15-,16-/m0/s1. The normalized spacial score (nSPS) is 12.4. The molecule has 7 heteroatoms. The first kappa shape index (κ1) is 22.9. The van der Waals surface area contributed by atoms with E-state index in [1.165, 1.54) is 14.0 Å². The minimum atomic E-state index is -1.000. The molecule has 0 radical (unpaired) electrons. The highest BCUT2D eigenvalue weighted by molar-refractivity contribution is 5.97. The molecule has 0 spiro atoms. The first-order valence-electron chi connectivity index (χ1n) is 9.87. The molecule has 0 unspecified atom stereocenters. The molecule has 160 valence electrons. The highest BCUT2D eigenvalue weighted by atomic mass is 16.5. The van der Waals surface area contributed by atoms with Crippen LogP contribution in [0.2, 0.25) is 0 Å². The summed E-state index contributed by atoms with van der Waals surface area (Å²) in [7, 11) is 1.53. The van der Waals surface area contributed by atoms with E-state index in [2.05, 4.69) is 24.5 Å². The Kier molecular flexibility index (Phi) is 8.41. The molecule has 2 amide bonds. The minimum Gasteiger partial charge on any atom is -0.497 e. The second kappa shape index (κ2) is 11.0. The Morgan fingerprint density at radius 1 is 1.00 bits per heavy atom. The van der Waals surface area contributed by atoms with E-state index in [-0.39, 0.29) is 12.5 Å². The number of rotatable bonds is 9. The number of nitrogens with one attached hydrogen (secondary N) is 2. The van der Waals surface area contributed by atoms with Crippen molar-refractivity contribution in [1.82, 2.24) is 5.32 Å². The maximum Gasteiger partial charge on any atom is 0.326 e. The van der Waals surface area contributed by atoms with E-state index in [0.717, 1.165) is 12.0 Å². The van der Waals surface area contributed by atoms with Crippen molar-refractivity contribution in [3.05, 3.63) is 59.7 Å². The Balaban J connectivity index is 1.86. The molecule has 0 fully saturated rings. The molecule has 0 saturated heterocycles. The molecule has 2 atom stereocenters. The van der Waals surface area contributed by atoms with Gasteiger partial charge < -0.3 is 20.1 Å². The number of carbonyl (C=O) groups excluding carboxylic acids is 3. The summed E-state index contributed by atoms with van der Waals surface area (Å²) in [6, 6.07) is 14.0. The fraction of sp³-hybridized carbons (Fsp3) is 0.348. The van der Waals surface area contributed by atoms with E-state index in [0.29, 0.717) is 17.0 Å². The van der Waals surface area contributed by atoms with Crippen LogP contribution >= 0.6 is 0 Å². The number of amides is 2. The van der Waals surface area contributed by atoms with Gasteiger partial charge in [0.15, 0.2) is 6.10 Å². The summed E-state index contributed by atoms with van der Waals surface area (Å²) < 4.78 is 10.2. The quantitative estimate of drug-likeness (QED) is 0.615. The average molecular weight is 412 g/mol. The number of carbonyl (C=O) groups is 3. The average Bonchev–Trinajstić information content (AvgIpc) is 2.77. The lowest BCUT2D eigenvalue weighted by atomic mass is 9.97. The smallest absolute Gasteiger partial charge is 0.326 e. The molecule has 0 aliphatic rings. The van der Waals surface area contributed by atoms with E-state index in [4.69, 9.17) is 9.47 Å². The Labute approximate surface area is 176 Å². The predicted octanol–water partition coefficient (Wildman–Crippen LogP) is 3.51. The zero-order valence-corrected chi connectivity index (χ0v) is 17.7. The van der Waals surface area contributed by atoms with Crippen molar-refractivity contribution in [2.24, 2.45) is 0 Å². The first-order chi connectivity index (χ1) is 14.3. The lowest BCUT2D eigenvalue weighted by Crippen LogP contribution is -2.36. The van der Waals surface area contributed by atoms with Crippen molar-refractivity contribution in [1.29, 1.82) is 0 Å². The zero-order valence-electron chi connectivity index (χ0n) is 17.7. The van der Waals surface area contributed by atoms with Gasteiger partial charge in [-0.15, -0.1) is 0 Å². The fourth-order valence-electron chi connectivity index (χ4n) is 2.78. The number of anilines is 1. The van der Waals surface area contributed by atoms with Gasteiger partial charge in [0.1, 0.15) is 12.3 Å². The number of hydrogen-bond donors (Lipinski definition) is 2. The van der Waals surface area contributed by atoms with Crippen LogP contribution in [0.15, 0.2) is 48.5 Å². The molecule has 30 heavy (non-hydrogen) atoms. The molecule has 2 rings (SSSR count). The first-order valence-corrected chi connectivity index (χ1v) is 9.87. The molecule has 2 aromatic rings. The van der Waals surface area contributed by atoms with Crippen LogP contribution < -0.4 is 15.4 Å². The number of benzene rings is 2. The molecule has 0 aromatic heterocycles. The van der Waals surface area contributed by atoms with Gasteiger partial charge in [-0.05, 0) is 55.2 Å². The number of para-hydroxylation sites is 1. The van der Waals surface area contributed by atoms with Crippen molar-refractivity contribution in [3.63, 3.8) is 0 Å². The third-order valence-electron chi connectivity index (χ3n) is 4.78. The van der Waals surface area contributed by atoms with Gasteiger partial charge in [-0.1, -0.05) is 32.0 Å². The third kappa shape index (κ3) is 6.34. The van der Waals surface area contributed by atoms with Crippen LogP contribution in [0.4, 0.5) is 5.69 Å². The molecule has 0 aliphatic carbocycles. The number of methoxy groups -OCH3 is 1. The minimum absolute atomic E-state index is 0.285. The van der Waals surface area contributed by atoms with E-state index in [9.17, 15) is 14.4 Å². The number of hydrogen-bond acceptors (Lipinski definition) is 5. The van der Waals surface area contributed by atoms with Gasteiger partial charge >= 0.3 is 5.97 Å². The van der Waals surface area contributed by atoms with Gasteiger partial charge in [-0.3, -0.25) is 14.4 Å². The van der Waals surface area contributed by atoms with E-state index in [1.807, 2.05) is 24.3 Å². The van der Waals surface area contributed by atoms with Crippen LogP contribution in [-0.4, -0.2) is 37.5 Å². The van der Waals surface area contributed by atoms with Gasteiger partial charge in [0.2, 0.25) is 0 Å². The topological polar surface area (TPSA) is 93.7 Å². The van der Waals surface area contributed by atoms with Crippen molar-refractivity contribution in [2.75, 3.05) is 19.0 Å². The van der Waals surface area contributed by atoms with Gasteiger partial charge in [-0.2, -0.15) is 0 Å². The summed E-state index contributed by atoms with van der Waals surface area (Å²) in [5.74, 6) is -0.641. The van der Waals surface area contributed by atoms with Crippen LogP contribution in [0.1, 0.15) is 49.0 Å². The molecule has 2 aromatic carbocycles. The molecule has 0 bridgehead atoms. The Bertz CT molecular complexity index is 879. The predicted molar refractivity (Wildman–Crippen MR) is 115 cm³/mol. The van der Waals surface area contributed by atoms with E-state index >= 15 is 0 Å². The summed E-state index contributed by atoms with van der Waals surface area (Å²) >= 11 is 0. The van der Waals surface area contributed by atoms with Crippen molar-refractivity contribution in [2.45, 2.75) is 39.2 Å². The van der Waals surface area contributed by atoms with Crippen LogP contribution in [0.3, 0.4) is 0 Å². The summed E-state index contributed by atoms with van der Waals surface area (Å²) in [6.07, 6.45) is -0.0638. The van der Waals surface area contributed by atoms with Crippen molar-refractivity contribution < 1.29 is 23.9 Å². The van der Waals surface area contributed by atoms with Gasteiger partial charge in [0.25, 0.3) is 11.8 Å². The van der Waals surface area contributed by atoms with Gasteiger partial charge in [0, 0.05) is 11.3 Å². The Morgan fingerprint density at radius 3 is 2.30 bits per heavy atom. The molecule has 0 aliphatic heterocycles. The second-order valence-electron chi connectivity index (χ2n) is 6.93. The van der Waals surface area contributed by atoms with Gasteiger partial charge in [-0.25, -0.2) is 0 Å². The van der Waals surface area contributed by atoms with Crippen LogP contribution in [0.25, 0.3) is 0 Å². The van der Waals surface area contributed by atoms with Crippen LogP contribution in [0, 0.1) is 0 Å². The van der Waals surface area contributed by atoms with E-state index in [1.54, 1.807) is 24.3 Å². The highest BCUT2D eigenvalue weighted by Gasteiger charge is 2.20. The van der Waals surface area contributed by atoms with Gasteiger partial charge in [0.05, 0.1) is 7.11 Å². The SMILES string of the molecule is CC[C@H](C)c1ccccc1NC(=O)[C@H](C)OC(=O)CNC(=O)c1ccc(OC)cc1. The molecule has 0 heterocycles. The number of ether oxygens (including phenoxy) is 2. The Morgan fingerprint density at radius 2 is 1.67 bits per heavy atom. The number of esters is 1. The maximum absolute atomic E-state index is 12.4. The monoisotopic (exact) mass is 412 g/mol. The summed E-state index contributed by atoms with van der Waals surface area (Å²) in [5.41, 5.74) is 2.11. The van der Waals surface area contributed by atoms with Crippen molar-refractivity contribution in [3.8, 4) is 5.75 Å². The largest absolute Gasteiger partial charge is 0.497 e. The third-order valence-corrected chi connectivity index (χ3v) is 4.78. The highest BCUT2D eigenvalue weighted by Crippen LogP contribution is 2.26. The fourth-order valence-corrected chi connectivity index (χ4v) is 2.78. The molecular weight excluding hydrogens is 384 g/mol. The summed E-state index contributed by atoms with van der Waals surface area (Å²) in [6.45, 7) is 5.31. The molecular formula is C23H28N2O5. The molecule has 7 nitrogen and oxygen atoms in total. The summed E-state index contributed by atoms with van der Waals surface area (Å²) in [4.78, 5) is 36.6. The lowest BCUT2D eigenvalue weighted by Gasteiger charge is -2.18. The Hall–Kier alpha value is -3.35. The molecule has 2 N–H and O–H groups in total. The maximum atomic E-state index is 12.4. The van der Waals surface area contributed by atoms with Crippen LogP contribution in [-0.2, 0) is 14.3 Å². The van der Waals surface area contributed by atoms with Crippen LogP contribution in [0.5, 0.6) is 5.75 Å². The zero-order chi connectivity index (χ0) is 22.1. The van der Waals surface area contributed by atoms with Crippen molar-refractivity contribution >= 4 is 23.5 Å².